The number of aryl methyl sites for hydroxylation is 1. The molecule has 0 aliphatic rings. The highest BCUT2D eigenvalue weighted by atomic mass is 19.1. The third-order valence-corrected chi connectivity index (χ3v) is 5.81. The van der Waals surface area contributed by atoms with Crippen LogP contribution in [0.25, 0.3) is 11.3 Å². The molecule has 4 rings (SSSR count). The molecule has 0 spiro atoms. The first-order valence-corrected chi connectivity index (χ1v) is 11.6. The number of carbonyl (C=O) groups excluding carboxylic acids is 2. The van der Waals surface area contributed by atoms with E-state index in [0.717, 1.165) is 12.1 Å². The van der Waals surface area contributed by atoms with Crippen LogP contribution < -0.4 is 24.4 Å². The Kier molecular flexibility index (Phi) is 7.80. The summed E-state index contributed by atoms with van der Waals surface area (Å²) in [6, 6.07) is 12.9. The Morgan fingerprint density at radius 1 is 0.897 bits per heavy atom. The summed E-state index contributed by atoms with van der Waals surface area (Å²) in [5, 5.41) is 6.50. The Balaban J connectivity index is 1.98. The maximum Gasteiger partial charge on any atom is 0.268 e. The van der Waals surface area contributed by atoms with Crippen molar-refractivity contribution >= 4 is 28.9 Å². The average molecular weight is 538 g/mol. The fourth-order valence-corrected chi connectivity index (χ4v) is 4.14. The largest absolute Gasteiger partial charge is 0.493 e. The van der Waals surface area contributed by atoms with Gasteiger partial charge in [-0.3, -0.25) is 14.5 Å². The second-order valence-corrected chi connectivity index (χ2v) is 8.31. The number of halogens is 2. The number of hydrogen-bond donors (Lipinski definition) is 1. The van der Waals surface area contributed by atoms with Gasteiger partial charge in [-0.15, -0.1) is 0 Å². The lowest BCUT2D eigenvalue weighted by molar-refractivity contribution is -0.114. The molecule has 0 aliphatic carbocycles. The second-order valence-electron chi connectivity index (χ2n) is 8.31. The molecule has 3 aromatic carbocycles. The lowest BCUT2D eigenvalue weighted by atomic mass is 10.0. The molecule has 0 saturated heterocycles. The monoisotopic (exact) mass is 537 g/mol. The van der Waals surface area contributed by atoms with E-state index in [4.69, 9.17) is 18.7 Å². The van der Waals surface area contributed by atoms with Gasteiger partial charge in [0, 0.05) is 24.7 Å². The van der Waals surface area contributed by atoms with E-state index in [1.54, 1.807) is 24.3 Å². The van der Waals surface area contributed by atoms with Crippen molar-refractivity contribution in [2.24, 2.45) is 0 Å². The Morgan fingerprint density at radius 2 is 1.51 bits per heavy atom. The highest BCUT2D eigenvalue weighted by Crippen LogP contribution is 2.44. The van der Waals surface area contributed by atoms with Gasteiger partial charge in [-0.1, -0.05) is 17.3 Å². The first kappa shape index (κ1) is 27.1. The Hall–Kier alpha value is -4.93. The van der Waals surface area contributed by atoms with Crippen LogP contribution in [-0.2, 0) is 4.79 Å². The zero-order chi connectivity index (χ0) is 28.3. The number of methoxy groups -OCH3 is 3. The van der Waals surface area contributed by atoms with Gasteiger partial charge in [0.05, 0.1) is 38.3 Å². The topological polar surface area (TPSA) is 103 Å². The average Bonchev–Trinajstić information content (AvgIpc) is 3.28. The van der Waals surface area contributed by atoms with Crippen LogP contribution in [0.3, 0.4) is 0 Å². The Labute approximate surface area is 222 Å². The van der Waals surface area contributed by atoms with Gasteiger partial charge < -0.3 is 24.1 Å². The summed E-state index contributed by atoms with van der Waals surface area (Å²) >= 11 is 0. The number of anilines is 3. The first-order chi connectivity index (χ1) is 18.7. The molecule has 0 aliphatic heterocycles. The number of nitrogens with zero attached hydrogens (tertiary/aromatic N) is 2. The molecule has 39 heavy (non-hydrogen) atoms. The number of aromatic nitrogens is 1. The minimum atomic E-state index is -0.913. The summed E-state index contributed by atoms with van der Waals surface area (Å²) in [7, 11) is 4.29. The molecular weight excluding hydrogens is 512 g/mol. The molecule has 0 fully saturated rings. The van der Waals surface area contributed by atoms with Gasteiger partial charge >= 0.3 is 0 Å². The van der Waals surface area contributed by atoms with Crippen LogP contribution in [0.4, 0.5) is 25.8 Å². The second kappa shape index (κ2) is 11.2. The molecule has 1 N–H and O–H groups in total. The molecule has 0 radical (unpaired) electrons. The van der Waals surface area contributed by atoms with Crippen molar-refractivity contribution in [3.05, 3.63) is 77.6 Å². The van der Waals surface area contributed by atoms with E-state index in [-0.39, 0.29) is 40.1 Å². The SMILES string of the molecule is COc1cc(N(C(=O)c2c(-c3c(F)cccc3F)noc2C)c2cccc(NC(C)=O)c2)cc(OC)c1OC. The summed E-state index contributed by atoms with van der Waals surface area (Å²) in [6.07, 6.45) is 0. The molecule has 0 atom stereocenters. The van der Waals surface area contributed by atoms with Crippen LogP contribution >= 0.6 is 0 Å². The molecule has 0 unspecified atom stereocenters. The molecule has 0 saturated carbocycles. The van der Waals surface area contributed by atoms with E-state index in [1.807, 2.05) is 0 Å². The molecule has 0 bridgehead atoms. The van der Waals surface area contributed by atoms with E-state index in [1.165, 1.54) is 58.3 Å². The van der Waals surface area contributed by atoms with Crippen LogP contribution in [0, 0.1) is 18.6 Å². The van der Waals surface area contributed by atoms with Crippen molar-refractivity contribution in [3.63, 3.8) is 0 Å². The third kappa shape index (κ3) is 5.24. The molecule has 1 aromatic heterocycles. The molecular formula is C28H25F2N3O6. The first-order valence-electron chi connectivity index (χ1n) is 11.6. The lowest BCUT2D eigenvalue weighted by Gasteiger charge is -2.25. The maximum atomic E-state index is 14.8. The quantitative estimate of drug-likeness (QED) is 0.299. The predicted octanol–water partition coefficient (Wildman–Crippen LogP) is 5.89. The minimum absolute atomic E-state index is 0.0353. The van der Waals surface area contributed by atoms with Crippen LogP contribution in [-0.4, -0.2) is 38.3 Å². The third-order valence-electron chi connectivity index (χ3n) is 5.81. The van der Waals surface area contributed by atoms with Crippen molar-refractivity contribution in [2.45, 2.75) is 13.8 Å². The summed E-state index contributed by atoms with van der Waals surface area (Å²) < 4.78 is 51.1. The summed E-state index contributed by atoms with van der Waals surface area (Å²) in [6.45, 7) is 2.81. The zero-order valence-corrected chi connectivity index (χ0v) is 21.8. The molecule has 9 nitrogen and oxygen atoms in total. The van der Waals surface area contributed by atoms with Crippen molar-refractivity contribution in [1.82, 2.24) is 5.16 Å². The van der Waals surface area contributed by atoms with Crippen molar-refractivity contribution in [1.29, 1.82) is 0 Å². The van der Waals surface area contributed by atoms with E-state index in [2.05, 4.69) is 10.5 Å². The van der Waals surface area contributed by atoms with Gasteiger partial charge in [-0.25, -0.2) is 8.78 Å². The summed E-state index contributed by atoms with van der Waals surface area (Å²) in [5.41, 5.74) is -0.000425. The van der Waals surface area contributed by atoms with E-state index in [9.17, 15) is 18.4 Å². The highest BCUT2D eigenvalue weighted by molar-refractivity contribution is 6.14. The molecule has 4 aromatic rings. The molecule has 1 heterocycles. The number of ether oxygens (including phenoxy) is 3. The lowest BCUT2D eigenvalue weighted by Crippen LogP contribution is -2.27. The number of carbonyl (C=O) groups is 2. The Morgan fingerprint density at radius 3 is 2.08 bits per heavy atom. The van der Waals surface area contributed by atoms with Crippen LogP contribution in [0.2, 0.25) is 0 Å². The smallest absolute Gasteiger partial charge is 0.268 e. The summed E-state index contributed by atoms with van der Waals surface area (Å²) in [4.78, 5) is 27.3. The van der Waals surface area contributed by atoms with E-state index < -0.39 is 23.1 Å². The number of amides is 2. The van der Waals surface area contributed by atoms with Gasteiger partial charge in [0.2, 0.25) is 11.7 Å². The number of nitrogens with one attached hydrogen (secondary N) is 1. The number of benzene rings is 3. The van der Waals surface area contributed by atoms with Crippen molar-refractivity contribution in [2.75, 3.05) is 31.5 Å². The normalized spacial score (nSPS) is 10.6. The van der Waals surface area contributed by atoms with Crippen molar-refractivity contribution in [3.8, 4) is 28.5 Å². The molecule has 11 heteroatoms. The maximum absolute atomic E-state index is 14.8. The number of rotatable bonds is 8. The highest BCUT2D eigenvalue weighted by Gasteiger charge is 2.32. The Bertz CT molecular complexity index is 1510. The van der Waals surface area contributed by atoms with Gasteiger partial charge in [0.25, 0.3) is 5.91 Å². The van der Waals surface area contributed by atoms with Gasteiger partial charge in [0.1, 0.15) is 28.7 Å². The fraction of sp³-hybridized carbons (Fsp3) is 0.179. The standard InChI is InChI=1S/C28H25F2N3O6/c1-15-24(26(32-39-15)25-20(29)10-7-11-21(25)30)28(35)33(18-9-6-8-17(12-18)31-16(2)34)19-13-22(36-3)27(38-5)23(14-19)37-4/h6-14H,1-5H3,(H,31,34). The fourth-order valence-electron chi connectivity index (χ4n) is 4.14. The van der Waals surface area contributed by atoms with Gasteiger partial charge in [-0.2, -0.15) is 0 Å². The molecule has 2 amide bonds. The van der Waals surface area contributed by atoms with E-state index in [0.29, 0.717) is 17.1 Å². The minimum Gasteiger partial charge on any atom is -0.493 e. The predicted molar refractivity (Wildman–Crippen MR) is 140 cm³/mol. The van der Waals surface area contributed by atoms with Crippen LogP contribution in [0.15, 0.2) is 59.1 Å². The zero-order valence-electron chi connectivity index (χ0n) is 21.8. The van der Waals surface area contributed by atoms with Crippen molar-refractivity contribution < 1.29 is 37.1 Å². The van der Waals surface area contributed by atoms with Crippen LogP contribution in [0.5, 0.6) is 17.2 Å². The van der Waals surface area contributed by atoms with Crippen LogP contribution in [0.1, 0.15) is 23.0 Å². The summed E-state index contributed by atoms with van der Waals surface area (Å²) in [5.74, 6) is -2.03. The van der Waals surface area contributed by atoms with E-state index >= 15 is 0 Å². The number of hydrogen-bond acceptors (Lipinski definition) is 7. The molecule has 202 valence electrons. The van der Waals surface area contributed by atoms with Gasteiger partial charge in [-0.05, 0) is 37.3 Å². The van der Waals surface area contributed by atoms with Gasteiger partial charge in [0.15, 0.2) is 11.5 Å².